The van der Waals surface area contributed by atoms with Crippen molar-refractivity contribution in [3.63, 3.8) is 0 Å². The highest BCUT2D eigenvalue weighted by molar-refractivity contribution is 7.13. The number of aromatic nitrogens is 5. The third-order valence-corrected chi connectivity index (χ3v) is 3.86. The minimum atomic E-state index is -0.984. The average molecular weight is 291 g/mol. The SMILES string of the molecule is Cn1ncc2c(=O)n(Cc3ccc(C(=O)O)s3)nnc21. The summed E-state index contributed by atoms with van der Waals surface area (Å²) in [4.78, 5) is 23.9. The number of rotatable bonds is 3. The van der Waals surface area contributed by atoms with Gasteiger partial charge in [-0.05, 0) is 12.1 Å². The fourth-order valence-electron chi connectivity index (χ4n) is 1.81. The molecule has 3 rings (SSSR count). The van der Waals surface area contributed by atoms with Gasteiger partial charge in [-0.1, -0.05) is 5.21 Å². The molecule has 0 saturated heterocycles. The minimum absolute atomic E-state index is 0.189. The smallest absolute Gasteiger partial charge is 0.345 e. The van der Waals surface area contributed by atoms with E-state index in [0.717, 1.165) is 16.2 Å². The van der Waals surface area contributed by atoms with E-state index in [-0.39, 0.29) is 17.0 Å². The van der Waals surface area contributed by atoms with Gasteiger partial charge in [-0.25, -0.2) is 14.2 Å². The molecule has 3 heterocycles. The minimum Gasteiger partial charge on any atom is -0.477 e. The largest absolute Gasteiger partial charge is 0.477 e. The number of fused-ring (bicyclic) bond motifs is 1. The predicted octanol–water partition coefficient (Wildman–Crippen LogP) is 0.333. The fourth-order valence-corrected chi connectivity index (χ4v) is 2.63. The molecule has 0 radical (unpaired) electrons. The summed E-state index contributed by atoms with van der Waals surface area (Å²) >= 11 is 1.11. The molecule has 0 spiro atoms. The molecule has 0 aliphatic rings. The number of aryl methyl sites for hydroxylation is 1. The van der Waals surface area contributed by atoms with Gasteiger partial charge in [0.05, 0.1) is 12.7 Å². The Morgan fingerprint density at radius 1 is 1.45 bits per heavy atom. The molecule has 0 unspecified atom stereocenters. The highest BCUT2D eigenvalue weighted by Gasteiger charge is 2.12. The third kappa shape index (κ3) is 1.97. The summed E-state index contributed by atoms with van der Waals surface area (Å²) in [6, 6.07) is 3.17. The van der Waals surface area contributed by atoms with Gasteiger partial charge < -0.3 is 5.11 Å². The van der Waals surface area contributed by atoms with Crippen molar-refractivity contribution in [2.75, 3.05) is 0 Å². The van der Waals surface area contributed by atoms with Gasteiger partial charge in [-0.3, -0.25) is 4.79 Å². The van der Waals surface area contributed by atoms with Crippen LogP contribution >= 0.6 is 11.3 Å². The van der Waals surface area contributed by atoms with Gasteiger partial charge in [-0.2, -0.15) is 5.10 Å². The van der Waals surface area contributed by atoms with E-state index in [9.17, 15) is 9.59 Å². The molecule has 102 valence electrons. The molecular formula is C11H9N5O3S. The second-order valence-corrected chi connectivity index (χ2v) is 5.30. The summed E-state index contributed by atoms with van der Waals surface area (Å²) in [7, 11) is 1.68. The summed E-state index contributed by atoms with van der Waals surface area (Å²) in [5.41, 5.74) is 0.122. The zero-order valence-electron chi connectivity index (χ0n) is 10.3. The highest BCUT2D eigenvalue weighted by Crippen LogP contribution is 2.16. The number of carboxylic acid groups (broad SMARTS) is 1. The van der Waals surface area contributed by atoms with Crippen LogP contribution in [0.2, 0.25) is 0 Å². The number of thiophene rings is 1. The van der Waals surface area contributed by atoms with Crippen LogP contribution in [-0.2, 0) is 13.6 Å². The van der Waals surface area contributed by atoms with Crippen LogP contribution < -0.4 is 5.56 Å². The van der Waals surface area contributed by atoms with Crippen molar-refractivity contribution in [1.29, 1.82) is 0 Å². The van der Waals surface area contributed by atoms with E-state index in [1.165, 1.54) is 21.6 Å². The second-order valence-electron chi connectivity index (χ2n) is 4.13. The molecule has 0 aliphatic carbocycles. The van der Waals surface area contributed by atoms with Gasteiger partial charge in [0.1, 0.15) is 10.3 Å². The van der Waals surface area contributed by atoms with Crippen LogP contribution in [0.1, 0.15) is 14.5 Å². The van der Waals surface area contributed by atoms with Gasteiger partial charge in [0.25, 0.3) is 5.56 Å². The van der Waals surface area contributed by atoms with E-state index in [1.807, 2.05) is 0 Å². The number of hydrogen-bond acceptors (Lipinski definition) is 6. The third-order valence-electron chi connectivity index (χ3n) is 2.80. The summed E-state index contributed by atoms with van der Waals surface area (Å²) in [6.07, 6.45) is 1.44. The predicted molar refractivity (Wildman–Crippen MR) is 70.9 cm³/mol. The van der Waals surface area contributed by atoms with Crippen LogP contribution in [0.25, 0.3) is 11.0 Å². The quantitative estimate of drug-likeness (QED) is 0.746. The van der Waals surface area contributed by atoms with Crippen LogP contribution in [0, 0.1) is 0 Å². The molecule has 8 nitrogen and oxygen atoms in total. The first-order valence-corrected chi connectivity index (χ1v) is 6.45. The van der Waals surface area contributed by atoms with Crippen molar-refractivity contribution in [1.82, 2.24) is 24.8 Å². The first-order chi connectivity index (χ1) is 9.56. The molecule has 0 amide bonds. The van der Waals surface area contributed by atoms with Crippen LogP contribution in [0.5, 0.6) is 0 Å². The lowest BCUT2D eigenvalue weighted by molar-refractivity contribution is 0.0702. The first-order valence-electron chi connectivity index (χ1n) is 5.64. The molecule has 20 heavy (non-hydrogen) atoms. The Morgan fingerprint density at radius 2 is 2.25 bits per heavy atom. The van der Waals surface area contributed by atoms with Gasteiger partial charge in [0.15, 0.2) is 5.65 Å². The maximum Gasteiger partial charge on any atom is 0.345 e. The van der Waals surface area contributed by atoms with Gasteiger partial charge in [-0.15, -0.1) is 16.4 Å². The first kappa shape index (κ1) is 12.5. The van der Waals surface area contributed by atoms with Crippen molar-refractivity contribution in [2.45, 2.75) is 6.54 Å². The standard InChI is InChI=1S/C11H9N5O3S/c1-15-9-7(4-12-15)10(17)16(14-13-9)5-6-2-3-8(20-6)11(18)19/h2-4H,5H2,1H3,(H,18,19). The maximum absolute atomic E-state index is 12.2. The summed E-state index contributed by atoms with van der Waals surface area (Å²) < 4.78 is 2.67. The Morgan fingerprint density at radius 3 is 2.95 bits per heavy atom. The lowest BCUT2D eigenvalue weighted by Crippen LogP contribution is -2.24. The Labute approximate surface area is 115 Å². The molecule has 9 heteroatoms. The maximum atomic E-state index is 12.2. The monoisotopic (exact) mass is 291 g/mol. The van der Waals surface area contributed by atoms with Crippen molar-refractivity contribution in [3.8, 4) is 0 Å². The van der Waals surface area contributed by atoms with Crippen molar-refractivity contribution >= 4 is 28.3 Å². The Bertz CT molecular complexity index is 862. The fraction of sp³-hybridized carbons (Fsp3) is 0.182. The molecule has 0 fully saturated rings. The van der Waals surface area contributed by atoms with Crippen LogP contribution in [0.4, 0.5) is 0 Å². The number of nitrogens with zero attached hydrogens (tertiary/aromatic N) is 5. The van der Waals surface area contributed by atoms with E-state index in [0.29, 0.717) is 11.0 Å². The zero-order chi connectivity index (χ0) is 14.3. The van der Waals surface area contributed by atoms with Gasteiger partial charge >= 0.3 is 5.97 Å². The Hall–Kier alpha value is -2.55. The molecule has 0 atom stereocenters. The van der Waals surface area contributed by atoms with E-state index in [2.05, 4.69) is 15.4 Å². The van der Waals surface area contributed by atoms with Crippen molar-refractivity contribution in [3.05, 3.63) is 38.4 Å². The van der Waals surface area contributed by atoms with Gasteiger partial charge in [0, 0.05) is 11.9 Å². The lowest BCUT2D eigenvalue weighted by atomic mass is 10.4. The van der Waals surface area contributed by atoms with Crippen LogP contribution in [-0.4, -0.2) is 35.9 Å². The average Bonchev–Trinajstić information content (AvgIpc) is 3.01. The molecule has 0 aliphatic heterocycles. The number of aromatic carboxylic acids is 1. The number of carbonyl (C=O) groups is 1. The van der Waals surface area contributed by atoms with E-state index < -0.39 is 5.97 Å². The Kier molecular flexibility index (Phi) is 2.83. The molecule has 0 aromatic carbocycles. The summed E-state index contributed by atoms with van der Waals surface area (Å²) in [5, 5.41) is 21.0. The molecule has 0 saturated carbocycles. The summed E-state index contributed by atoms with van der Waals surface area (Å²) in [6.45, 7) is 0.189. The van der Waals surface area contributed by atoms with Crippen molar-refractivity contribution in [2.24, 2.45) is 7.05 Å². The molecule has 1 N–H and O–H groups in total. The van der Waals surface area contributed by atoms with Gasteiger partial charge in [0.2, 0.25) is 0 Å². The zero-order valence-corrected chi connectivity index (χ0v) is 11.2. The van der Waals surface area contributed by atoms with Crippen LogP contribution in [0.3, 0.4) is 0 Å². The molecule has 3 aromatic rings. The lowest BCUT2D eigenvalue weighted by Gasteiger charge is -2.01. The van der Waals surface area contributed by atoms with Crippen LogP contribution in [0.15, 0.2) is 23.1 Å². The molecular weight excluding hydrogens is 282 g/mol. The summed E-state index contributed by atoms with van der Waals surface area (Å²) in [5.74, 6) is -0.984. The normalized spacial score (nSPS) is 11.1. The second kappa shape index (κ2) is 4.53. The van der Waals surface area contributed by atoms with Crippen molar-refractivity contribution < 1.29 is 9.90 Å². The topological polar surface area (TPSA) is 103 Å². The Balaban J connectivity index is 2.00. The van der Waals surface area contributed by atoms with E-state index in [4.69, 9.17) is 5.11 Å². The van der Waals surface area contributed by atoms with E-state index >= 15 is 0 Å². The number of carboxylic acids is 1. The number of hydrogen-bond donors (Lipinski definition) is 1. The highest BCUT2D eigenvalue weighted by atomic mass is 32.1. The molecule has 3 aromatic heterocycles. The molecule has 0 bridgehead atoms. The van der Waals surface area contributed by atoms with E-state index in [1.54, 1.807) is 13.1 Å².